The minimum absolute atomic E-state index is 0.0413. The Morgan fingerprint density at radius 1 is 1.11 bits per heavy atom. The third-order valence-electron chi connectivity index (χ3n) is 4.34. The van der Waals surface area contributed by atoms with Gasteiger partial charge in [0.15, 0.2) is 0 Å². The van der Waals surface area contributed by atoms with Gasteiger partial charge in [0.05, 0.1) is 11.7 Å². The number of anilines is 2. The maximum atomic E-state index is 12.9. The summed E-state index contributed by atoms with van der Waals surface area (Å²) in [6.07, 6.45) is 1.85. The lowest BCUT2D eigenvalue weighted by Crippen LogP contribution is -2.18. The maximum Gasteiger partial charge on any atom is 0.259 e. The summed E-state index contributed by atoms with van der Waals surface area (Å²) < 4.78 is 6.56. The van der Waals surface area contributed by atoms with Crippen LogP contribution in [0.2, 0.25) is 0 Å². The van der Waals surface area contributed by atoms with Crippen LogP contribution in [0.25, 0.3) is 0 Å². The van der Waals surface area contributed by atoms with Gasteiger partial charge in [-0.2, -0.15) is 0 Å². The minimum atomic E-state index is -0.263. The predicted octanol–water partition coefficient (Wildman–Crippen LogP) is 5.15. The summed E-state index contributed by atoms with van der Waals surface area (Å²) in [4.78, 5) is 24.9. The minimum Gasteiger partial charge on any atom is -0.490 e. The predicted molar refractivity (Wildman–Crippen MR) is 110 cm³/mol. The van der Waals surface area contributed by atoms with Crippen LogP contribution in [0.1, 0.15) is 42.6 Å². The number of hydrogen-bond donors (Lipinski definition) is 2. The van der Waals surface area contributed by atoms with E-state index in [9.17, 15) is 9.59 Å². The van der Waals surface area contributed by atoms with Crippen LogP contribution in [0.3, 0.4) is 0 Å². The summed E-state index contributed by atoms with van der Waals surface area (Å²) in [6, 6.07) is 10.8. The first kappa shape index (κ1) is 19.4. The second-order valence-electron chi connectivity index (χ2n) is 7.00. The molecule has 2 aromatic carbocycles. The van der Waals surface area contributed by atoms with E-state index in [4.69, 9.17) is 4.74 Å². The standard InChI is InChI=1S/C21H23BrN2O3/c1-12(2)27-19-10-9-15(22)11-16(19)21(26)24-18-6-4-5-17(13(18)3)23-20(25)14-7-8-14/h4-6,9-12,14H,7-8H2,1-3H3,(H,23,25)(H,24,26). The zero-order valence-electron chi connectivity index (χ0n) is 15.6. The lowest BCUT2D eigenvalue weighted by atomic mass is 10.1. The Labute approximate surface area is 167 Å². The average Bonchev–Trinajstić information content (AvgIpc) is 3.44. The van der Waals surface area contributed by atoms with E-state index in [1.54, 1.807) is 12.1 Å². The van der Waals surface area contributed by atoms with Gasteiger partial charge in [0.2, 0.25) is 5.91 Å². The van der Waals surface area contributed by atoms with Gasteiger partial charge in [-0.25, -0.2) is 0 Å². The SMILES string of the molecule is Cc1c(NC(=O)c2cc(Br)ccc2OC(C)C)cccc1NC(=O)C1CC1. The average molecular weight is 431 g/mol. The number of benzene rings is 2. The molecular weight excluding hydrogens is 408 g/mol. The fraction of sp³-hybridized carbons (Fsp3) is 0.333. The van der Waals surface area contributed by atoms with Gasteiger partial charge in [0.25, 0.3) is 5.91 Å². The Kier molecular flexibility index (Phi) is 5.85. The number of carbonyl (C=O) groups is 2. The normalized spacial score (nSPS) is 13.4. The van der Waals surface area contributed by atoms with Gasteiger partial charge in [-0.15, -0.1) is 0 Å². The number of amides is 2. The third-order valence-corrected chi connectivity index (χ3v) is 4.83. The molecule has 2 N–H and O–H groups in total. The Morgan fingerprint density at radius 2 is 1.78 bits per heavy atom. The van der Waals surface area contributed by atoms with Gasteiger partial charge < -0.3 is 15.4 Å². The van der Waals surface area contributed by atoms with Crippen molar-refractivity contribution in [3.05, 3.63) is 52.0 Å². The maximum absolute atomic E-state index is 12.9. The van der Waals surface area contributed by atoms with Crippen molar-refractivity contribution in [1.29, 1.82) is 0 Å². The molecule has 6 heteroatoms. The Balaban J connectivity index is 1.82. The summed E-state index contributed by atoms with van der Waals surface area (Å²) in [5.74, 6) is 0.434. The molecular formula is C21H23BrN2O3. The molecule has 0 bridgehead atoms. The molecule has 5 nitrogen and oxygen atoms in total. The molecule has 1 aliphatic carbocycles. The number of hydrogen-bond acceptors (Lipinski definition) is 3. The van der Waals surface area contributed by atoms with E-state index in [0.29, 0.717) is 17.0 Å². The van der Waals surface area contributed by atoms with Crippen molar-refractivity contribution in [2.75, 3.05) is 10.6 Å². The number of rotatable bonds is 6. The second-order valence-corrected chi connectivity index (χ2v) is 7.92. The zero-order chi connectivity index (χ0) is 19.6. The van der Waals surface area contributed by atoms with E-state index in [2.05, 4.69) is 26.6 Å². The second kappa shape index (κ2) is 8.13. The molecule has 1 saturated carbocycles. The van der Waals surface area contributed by atoms with E-state index >= 15 is 0 Å². The smallest absolute Gasteiger partial charge is 0.259 e. The topological polar surface area (TPSA) is 67.4 Å². The van der Waals surface area contributed by atoms with Crippen LogP contribution in [0.5, 0.6) is 5.75 Å². The molecule has 0 atom stereocenters. The highest BCUT2D eigenvalue weighted by Gasteiger charge is 2.30. The fourth-order valence-electron chi connectivity index (χ4n) is 2.71. The highest BCUT2D eigenvalue weighted by molar-refractivity contribution is 9.10. The van der Waals surface area contributed by atoms with Crippen molar-refractivity contribution < 1.29 is 14.3 Å². The monoisotopic (exact) mass is 430 g/mol. The highest BCUT2D eigenvalue weighted by atomic mass is 79.9. The van der Waals surface area contributed by atoms with Gasteiger partial charge in [0.1, 0.15) is 5.75 Å². The van der Waals surface area contributed by atoms with Gasteiger partial charge >= 0.3 is 0 Å². The number of carbonyl (C=O) groups excluding carboxylic acids is 2. The van der Waals surface area contributed by atoms with Crippen LogP contribution in [0.4, 0.5) is 11.4 Å². The van der Waals surface area contributed by atoms with E-state index < -0.39 is 0 Å². The molecule has 0 aliphatic heterocycles. The van der Waals surface area contributed by atoms with Crippen molar-refractivity contribution in [2.24, 2.45) is 5.92 Å². The summed E-state index contributed by atoms with van der Waals surface area (Å²) in [6.45, 7) is 5.71. The van der Waals surface area contributed by atoms with Crippen LogP contribution in [0, 0.1) is 12.8 Å². The van der Waals surface area contributed by atoms with Crippen LogP contribution in [-0.2, 0) is 4.79 Å². The summed E-state index contributed by atoms with van der Waals surface area (Å²) in [5, 5.41) is 5.88. The van der Waals surface area contributed by atoms with Crippen LogP contribution < -0.4 is 15.4 Å². The Hall–Kier alpha value is -2.34. The Bertz CT molecular complexity index is 876. The molecule has 1 aliphatic rings. The summed E-state index contributed by atoms with van der Waals surface area (Å²) in [7, 11) is 0. The van der Waals surface area contributed by atoms with Gasteiger partial charge in [-0.05, 0) is 69.5 Å². The van der Waals surface area contributed by atoms with E-state index in [1.165, 1.54) is 0 Å². The van der Waals surface area contributed by atoms with Gasteiger partial charge in [-0.1, -0.05) is 22.0 Å². The highest BCUT2D eigenvalue weighted by Crippen LogP contribution is 2.32. The van der Waals surface area contributed by atoms with E-state index in [-0.39, 0.29) is 23.8 Å². The molecule has 3 rings (SSSR count). The lowest BCUT2D eigenvalue weighted by Gasteiger charge is -2.16. The summed E-state index contributed by atoms with van der Waals surface area (Å²) in [5.41, 5.74) is 2.65. The first-order valence-electron chi connectivity index (χ1n) is 9.03. The van der Waals surface area contributed by atoms with Gasteiger partial charge in [0, 0.05) is 21.8 Å². The number of nitrogens with one attached hydrogen (secondary N) is 2. The van der Waals surface area contributed by atoms with Gasteiger partial charge in [-0.3, -0.25) is 9.59 Å². The molecule has 0 radical (unpaired) electrons. The molecule has 0 saturated heterocycles. The van der Waals surface area contributed by atoms with E-state index in [1.807, 2.05) is 45.0 Å². The Morgan fingerprint density at radius 3 is 2.41 bits per heavy atom. The first-order valence-corrected chi connectivity index (χ1v) is 9.82. The first-order chi connectivity index (χ1) is 12.8. The molecule has 27 heavy (non-hydrogen) atoms. The van der Waals surface area contributed by atoms with Crippen molar-refractivity contribution in [2.45, 2.75) is 39.7 Å². The molecule has 2 aromatic rings. The van der Waals surface area contributed by atoms with Crippen molar-refractivity contribution in [1.82, 2.24) is 0 Å². The van der Waals surface area contributed by atoms with Crippen LogP contribution in [0.15, 0.2) is 40.9 Å². The molecule has 142 valence electrons. The molecule has 0 heterocycles. The number of ether oxygens (including phenoxy) is 1. The fourth-order valence-corrected chi connectivity index (χ4v) is 3.07. The number of halogens is 1. The van der Waals surface area contributed by atoms with Crippen LogP contribution in [-0.4, -0.2) is 17.9 Å². The lowest BCUT2D eigenvalue weighted by molar-refractivity contribution is -0.117. The quantitative estimate of drug-likeness (QED) is 0.665. The molecule has 2 amide bonds. The summed E-state index contributed by atoms with van der Waals surface area (Å²) >= 11 is 3.41. The molecule has 0 spiro atoms. The zero-order valence-corrected chi connectivity index (χ0v) is 17.2. The van der Waals surface area contributed by atoms with Crippen molar-refractivity contribution in [3.63, 3.8) is 0 Å². The molecule has 0 aromatic heterocycles. The van der Waals surface area contributed by atoms with E-state index in [0.717, 1.165) is 28.6 Å². The van der Waals surface area contributed by atoms with Crippen LogP contribution >= 0.6 is 15.9 Å². The van der Waals surface area contributed by atoms with Crippen molar-refractivity contribution in [3.8, 4) is 5.75 Å². The van der Waals surface area contributed by atoms with Crippen molar-refractivity contribution >= 4 is 39.1 Å². The third kappa shape index (κ3) is 4.89. The largest absolute Gasteiger partial charge is 0.490 e. The molecule has 0 unspecified atom stereocenters. The molecule has 1 fully saturated rings.